The maximum absolute atomic E-state index is 13.0. The maximum Gasteiger partial charge on any atom is 0.263 e. The quantitative estimate of drug-likeness (QED) is 0.370. The number of halogens is 1. The van der Waals surface area contributed by atoms with Gasteiger partial charge in [0.2, 0.25) is 0 Å². The number of hydrogen-bond acceptors (Lipinski definition) is 3. The summed E-state index contributed by atoms with van der Waals surface area (Å²) in [5.74, 6) is 3.76. The zero-order valence-electron chi connectivity index (χ0n) is 19.9. The van der Waals surface area contributed by atoms with Gasteiger partial charge in [0.25, 0.3) is 15.9 Å². The van der Waals surface area contributed by atoms with Gasteiger partial charge in [-0.25, -0.2) is 8.42 Å². The number of rotatable bonds is 6. The van der Waals surface area contributed by atoms with Crippen LogP contribution in [0.3, 0.4) is 0 Å². The highest BCUT2D eigenvalue weighted by Crippen LogP contribution is 2.59. The molecule has 7 rings (SSSR count). The number of carbonyl (C=O) groups is 1. The van der Waals surface area contributed by atoms with E-state index in [1.807, 2.05) is 12.1 Å². The van der Waals surface area contributed by atoms with Crippen molar-refractivity contribution in [1.82, 2.24) is 0 Å². The van der Waals surface area contributed by atoms with E-state index in [0.29, 0.717) is 17.3 Å². The summed E-state index contributed by atoms with van der Waals surface area (Å²) in [5.41, 5.74) is 2.71. The van der Waals surface area contributed by atoms with Crippen molar-refractivity contribution in [3.8, 4) is 0 Å². The lowest BCUT2D eigenvalue weighted by atomic mass is 9.51. The van der Waals surface area contributed by atoms with E-state index in [1.165, 1.54) is 55.9 Å². The zero-order chi connectivity index (χ0) is 24.9. The van der Waals surface area contributed by atoms with Gasteiger partial charge in [0.15, 0.2) is 0 Å². The molecule has 0 radical (unpaired) electrons. The molecule has 4 fully saturated rings. The van der Waals surface area contributed by atoms with Crippen molar-refractivity contribution in [3.63, 3.8) is 0 Å². The molecule has 186 valence electrons. The third-order valence-electron chi connectivity index (χ3n) is 8.29. The minimum Gasteiger partial charge on any atom is -0.322 e. The molecule has 4 aliphatic rings. The van der Waals surface area contributed by atoms with E-state index in [0.717, 1.165) is 23.7 Å². The highest BCUT2D eigenvalue weighted by molar-refractivity contribution is 7.92. The molecular weight excluding hydrogens is 492 g/mol. The summed E-state index contributed by atoms with van der Waals surface area (Å²) in [6, 6.07) is 21.1. The van der Waals surface area contributed by atoms with E-state index in [4.69, 9.17) is 11.6 Å². The first-order valence-electron chi connectivity index (χ1n) is 12.6. The fourth-order valence-corrected chi connectivity index (χ4v) is 8.61. The SMILES string of the molecule is O=C(Nc1ccc(C2C3CC4CC(C3)CC2C4)cc1)c1ccc(Cl)c(S(=O)(=O)Nc2ccccc2)c1. The molecule has 0 aliphatic heterocycles. The van der Waals surface area contributed by atoms with Crippen LogP contribution in [0.1, 0.15) is 53.9 Å². The molecular formula is C29H29ClN2O3S. The second-order valence-corrected chi connectivity index (χ2v) is 12.7. The van der Waals surface area contributed by atoms with E-state index < -0.39 is 10.0 Å². The van der Waals surface area contributed by atoms with Crippen molar-refractivity contribution in [3.05, 3.63) is 88.9 Å². The van der Waals surface area contributed by atoms with Crippen molar-refractivity contribution in [2.24, 2.45) is 23.7 Å². The molecule has 0 saturated heterocycles. The molecule has 0 aromatic heterocycles. The summed E-state index contributed by atoms with van der Waals surface area (Å²) in [4.78, 5) is 12.8. The van der Waals surface area contributed by atoms with Gasteiger partial charge in [-0.3, -0.25) is 9.52 Å². The Balaban J connectivity index is 1.17. The molecule has 0 atom stereocenters. The molecule has 2 N–H and O–H groups in total. The van der Waals surface area contributed by atoms with Crippen LogP contribution in [-0.4, -0.2) is 14.3 Å². The molecule has 3 aromatic rings. The smallest absolute Gasteiger partial charge is 0.263 e. The van der Waals surface area contributed by atoms with Crippen LogP contribution >= 0.6 is 11.6 Å². The van der Waals surface area contributed by atoms with Gasteiger partial charge in [-0.2, -0.15) is 0 Å². The van der Waals surface area contributed by atoms with Gasteiger partial charge < -0.3 is 5.32 Å². The molecule has 36 heavy (non-hydrogen) atoms. The van der Waals surface area contributed by atoms with Crippen LogP contribution in [0, 0.1) is 23.7 Å². The van der Waals surface area contributed by atoms with E-state index in [2.05, 4.69) is 22.2 Å². The molecule has 3 aromatic carbocycles. The molecule has 7 heteroatoms. The Kier molecular flexibility index (Phi) is 6.05. The predicted molar refractivity (Wildman–Crippen MR) is 143 cm³/mol. The summed E-state index contributed by atoms with van der Waals surface area (Å²) in [7, 11) is -3.96. The van der Waals surface area contributed by atoms with Gasteiger partial charge >= 0.3 is 0 Å². The molecule has 0 heterocycles. The number of carbonyl (C=O) groups excluding carboxylic acids is 1. The van der Waals surface area contributed by atoms with Crippen LogP contribution in [-0.2, 0) is 10.0 Å². The van der Waals surface area contributed by atoms with E-state index in [-0.39, 0.29) is 21.4 Å². The summed E-state index contributed by atoms with van der Waals surface area (Å²) >= 11 is 6.20. The zero-order valence-corrected chi connectivity index (χ0v) is 21.4. The van der Waals surface area contributed by atoms with Crippen LogP contribution in [0.15, 0.2) is 77.7 Å². The van der Waals surface area contributed by atoms with Crippen LogP contribution in [0.2, 0.25) is 5.02 Å². The summed E-state index contributed by atoms with van der Waals surface area (Å²) in [6.07, 6.45) is 6.93. The molecule has 0 spiro atoms. The Morgan fingerprint density at radius 1 is 0.778 bits per heavy atom. The van der Waals surface area contributed by atoms with E-state index >= 15 is 0 Å². The Labute approximate surface area is 217 Å². The Morgan fingerprint density at radius 2 is 1.42 bits per heavy atom. The average molecular weight is 521 g/mol. The summed E-state index contributed by atoms with van der Waals surface area (Å²) < 4.78 is 28.3. The molecule has 4 saturated carbocycles. The minimum atomic E-state index is -3.96. The Hall–Kier alpha value is -2.83. The number of nitrogens with one attached hydrogen (secondary N) is 2. The van der Waals surface area contributed by atoms with E-state index in [1.54, 1.807) is 30.3 Å². The second kappa shape index (κ2) is 9.24. The van der Waals surface area contributed by atoms with Crippen LogP contribution in [0.5, 0.6) is 0 Å². The number of anilines is 2. The minimum absolute atomic E-state index is 0.0509. The second-order valence-electron chi connectivity index (χ2n) is 10.6. The standard InChI is InChI=1S/C29H29ClN2O3S/c30-26-11-8-21(17-27(26)36(34,35)32-25-4-2-1-3-5-25)29(33)31-24-9-6-20(7-10-24)28-22-13-18-12-19(15-22)16-23(28)14-18/h1-11,17-19,22-23,28,32H,12-16H2,(H,31,33). The predicted octanol–water partition coefficient (Wildman–Crippen LogP) is 6.93. The van der Waals surface area contributed by atoms with Gasteiger partial charge in [0, 0.05) is 16.9 Å². The lowest BCUT2D eigenvalue weighted by Crippen LogP contribution is -2.43. The summed E-state index contributed by atoms with van der Waals surface area (Å²) in [6.45, 7) is 0. The number of amides is 1. The lowest BCUT2D eigenvalue weighted by Gasteiger charge is -2.54. The van der Waals surface area contributed by atoms with Crippen molar-refractivity contribution in [2.45, 2.75) is 42.9 Å². The maximum atomic E-state index is 13.0. The number of para-hydroxylation sites is 1. The first-order chi connectivity index (χ1) is 17.4. The van der Waals surface area contributed by atoms with Gasteiger partial charge in [0.1, 0.15) is 4.90 Å². The topological polar surface area (TPSA) is 75.3 Å². The third-order valence-corrected chi connectivity index (χ3v) is 10.2. The van der Waals surface area contributed by atoms with Crippen molar-refractivity contribution < 1.29 is 13.2 Å². The normalized spacial score (nSPS) is 26.5. The monoisotopic (exact) mass is 520 g/mol. The molecule has 4 bridgehead atoms. The average Bonchev–Trinajstić information content (AvgIpc) is 2.85. The van der Waals surface area contributed by atoms with Gasteiger partial charge in [-0.15, -0.1) is 0 Å². The molecule has 1 amide bonds. The molecule has 5 nitrogen and oxygen atoms in total. The van der Waals surface area contributed by atoms with Gasteiger partial charge in [-0.05, 0) is 110 Å². The Morgan fingerprint density at radius 3 is 2.06 bits per heavy atom. The number of benzene rings is 3. The third kappa shape index (κ3) is 4.53. The number of hydrogen-bond donors (Lipinski definition) is 2. The molecule has 4 aliphatic carbocycles. The van der Waals surface area contributed by atoms with Gasteiger partial charge in [-0.1, -0.05) is 41.9 Å². The van der Waals surface area contributed by atoms with Gasteiger partial charge in [0.05, 0.1) is 5.02 Å². The van der Waals surface area contributed by atoms with Crippen molar-refractivity contribution >= 4 is 38.9 Å². The largest absolute Gasteiger partial charge is 0.322 e. The highest BCUT2D eigenvalue weighted by Gasteiger charge is 2.48. The summed E-state index contributed by atoms with van der Waals surface area (Å²) in [5, 5.41) is 2.95. The lowest BCUT2D eigenvalue weighted by molar-refractivity contribution is -0.00277. The first-order valence-corrected chi connectivity index (χ1v) is 14.5. The fourth-order valence-electron chi connectivity index (χ4n) is 7.03. The van der Waals surface area contributed by atoms with Crippen LogP contribution in [0.4, 0.5) is 11.4 Å². The van der Waals surface area contributed by atoms with Crippen molar-refractivity contribution in [2.75, 3.05) is 10.0 Å². The Bertz CT molecular complexity index is 1360. The highest BCUT2D eigenvalue weighted by atomic mass is 35.5. The first kappa shape index (κ1) is 23.6. The van der Waals surface area contributed by atoms with E-state index in [9.17, 15) is 13.2 Å². The van der Waals surface area contributed by atoms with Crippen LogP contribution in [0.25, 0.3) is 0 Å². The molecule has 0 unspecified atom stereocenters. The number of sulfonamides is 1. The van der Waals surface area contributed by atoms with Crippen LogP contribution < -0.4 is 10.0 Å². The van der Waals surface area contributed by atoms with Crippen molar-refractivity contribution in [1.29, 1.82) is 0 Å². The fraction of sp³-hybridized carbons (Fsp3) is 0.345.